The first-order valence-electron chi connectivity index (χ1n) is 4.44. The van der Waals surface area contributed by atoms with Crippen molar-refractivity contribution in [1.82, 2.24) is 9.97 Å². The van der Waals surface area contributed by atoms with Gasteiger partial charge in [0.25, 0.3) is 0 Å². The maximum Gasteiger partial charge on any atom is 0.224 e. The maximum atomic E-state index is 13.2. The first-order chi connectivity index (χ1) is 7.04. The molecule has 0 amide bonds. The molecule has 1 aromatic rings. The van der Waals surface area contributed by atoms with Gasteiger partial charge in [0.05, 0.1) is 12.2 Å². The van der Waals surface area contributed by atoms with Crippen molar-refractivity contribution in [3.63, 3.8) is 0 Å². The molecule has 0 bridgehead atoms. The molecule has 0 saturated carbocycles. The van der Waals surface area contributed by atoms with Gasteiger partial charge in [0, 0.05) is 0 Å². The van der Waals surface area contributed by atoms with E-state index in [0.29, 0.717) is 6.29 Å². The Morgan fingerprint density at radius 1 is 1.60 bits per heavy atom. The second-order valence-corrected chi connectivity index (χ2v) is 3.72. The van der Waals surface area contributed by atoms with Crippen molar-refractivity contribution in [2.45, 2.75) is 19.9 Å². The van der Waals surface area contributed by atoms with Crippen LogP contribution in [0.5, 0.6) is 0 Å². The van der Waals surface area contributed by atoms with Gasteiger partial charge >= 0.3 is 0 Å². The lowest BCUT2D eigenvalue weighted by molar-refractivity contribution is -0.109. The van der Waals surface area contributed by atoms with E-state index >= 15 is 0 Å². The number of halogens is 2. The third-order valence-electron chi connectivity index (χ3n) is 1.88. The summed E-state index contributed by atoms with van der Waals surface area (Å²) in [6.07, 6.45) is 1.67. The van der Waals surface area contributed by atoms with Gasteiger partial charge in [-0.2, -0.15) is 4.98 Å². The smallest absolute Gasteiger partial charge is 0.224 e. The van der Waals surface area contributed by atoms with Gasteiger partial charge < -0.3 is 10.1 Å². The molecule has 0 aliphatic rings. The predicted octanol–water partition coefficient (Wildman–Crippen LogP) is 1.90. The number of hydrogen-bond donors (Lipinski definition) is 1. The largest absolute Gasteiger partial charge is 0.358 e. The highest BCUT2D eigenvalue weighted by atomic mass is 35.5. The van der Waals surface area contributed by atoms with Crippen LogP contribution < -0.4 is 5.32 Å². The van der Waals surface area contributed by atoms with Crippen molar-refractivity contribution < 1.29 is 9.18 Å². The summed E-state index contributed by atoms with van der Waals surface area (Å²) < 4.78 is 13.2. The highest BCUT2D eigenvalue weighted by molar-refractivity contribution is 6.28. The Balaban J connectivity index is 2.87. The monoisotopic (exact) mass is 231 g/mol. The number of aldehydes is 1. The first-order valence-corrected chi connectivity index (χ1v) is 4.82. The normalized spacial score (nSPS) is 12.6. The minimum atomic E-state index is -0.632. The fourth-order valence-electron chi connectivity index (χ4n) is 0.963. The Morgan fingerprint density at radius 3 is 2.80 bits per heavy atom. The highest BCUT2D eigenvalue weighted by Crippen LogP contribution is 2.14. The summed E-state index contributed by atoms with van der Waals surface area (Å²) >= 11 is 5.51. The van der Waals surface area contributed by atoms with Crippen LogP contribution in [-0.2, 0) is 4.79 Å². The molecular formula is C9H11ClFN3O. The Morgan fingerprint density at radius 2 is 2.27 bits per heavy atom. The molecule has 0 radical (unpaired) electrons. The lowest BCUT2D eigenvalue weighted by Gasteiger charge is -2.16. The Hall–Kier alpha value is -1.23. The van der Waals surface area contributed by atoms with E-state index in [1.807, 2.05) is 13.8 Å². The Labute approximate surface area is 91.9 Å². The summed E-state index contributed by atoms with van der Waals surface area (Å²) in [5.74, 6) is -0.650. The average molecular weight is 232 g/mol. The molecule has 0 saturated heterocycles. The maximum absolute atomic E-state index is 13.2. The average Bonchev–Trinajstić information content (AvgIpc) is 2.18. The van der Waals surface area contributed by atoms with E-state index in [1.165, 1.54) is 0 Å². The number of anilines is 1. The first kappa shape index (κ1) is 11.8. The molecule has 15 heavy (non-hydrogen) atoms. The van der Waals surface area contributed by atoms with Gasteiger partial charge in [-0.1, -0.05) is 13.8 Å². The van der Waals surface area contributed by atoms with Gasteiger partial charge in [-0.05, 0) is 17.5 Å². The second-order valence-electron chi connectivity index (χ2n) is 3.39. The molecule has 1 aromatic heterocycles. The predicted molar refractivity (Wildman–Crippen MR) is 55.3 cm³/mol. The topological polar surface area (TPSA) is 54.9 Å². The number of carbonyl (C=O) groups excluding carboxylic acids is 1. The van der Waals surface area contributed by atoms with Crippen LogP contribution in [0, 0.1) is 11.7 Å². The molecule has 1 unspecified atom stereocenters. The van der Waals surface area contributed by atoms with Gasteiger partial charge in [0.1, 0.15) is 6.29 Å². The molecule has 4 nitrogen and oxygen atoms in total. The quantitative estimate of drug-likeness (QED) is 0.635. The third-order valence-corrected chi connectivity index (χ3v) is 2.07. The molecule has 1 heterocycles. The standard InChI is InChI=1S/C9H11ClFN3O/c1-5(2)7(4-15)13-8-6(11)3-12-9(10)14-8/h3-5,7H,1-2H3,(H,12,13,14). The fourth-order valence-corrected chi connectivity index (χ4v) is 1.10. The van der Waals surface area contributed by atoms with E-state index in [0.717, 1.165) is 6.20 Å². The molecule has 1 N–H and O–H groups in total. The SMILES string of the molecule is CC(C)C(C=O)Nc1nc(Cl)ncc1F. The molecule has 1 rings (SSSR count). The Bertz CT molecular complexity index is 359. The van der Waals surface area contributed by atoms with Crippen LogP contribution in [0.25, 0.3) is 0 Å². The van der Waals surface area contributed by atoms with Crippen molar-refractivity contribution in [1.29, 1.82) is 0 Å². The fraction of sp³-hybridized carbons (Fsp3) is 0.444. The number of carbonyl (C=O) groups is 1. The Kier molecular flexibility index (Phi) is 3.96. The molecule has 82 valence electrons. The van der Waals surface area contributed by atoms with Crippen molar-refractivity contribution in [2.24, 2.45) is 5.92 Å². The van der Waals surface area contributed by atoms with Crippen molar-refractivity contribution in [3.8, 4) is 0 Å². The number of rotatable bonds is 4. The van der Waals surface area contributed by atoms with Crippen LogP contribution in [0.3, 0.4) is 0 Å². The van der Waals surface area contributed by atoms with Crippen molar-refractivity contribution >= 4 is 23.7 Å². The molecule has 6 heteroatoms. The van der Waals surface area contributed by atoms with Crippen LogP contribution >= 0.6 is 11.6 Å². The zero-order valence-electron chi connectivity index (χ0n) is 8.37. The molecule has 0 spiro atoms. The third kappa shape index (κ3) is 3.13. The van der Waals surface area contributed by atoms with Gasteiger partial charge in [0.15, 0.2) is 11.6 Å². The summed E-state index contributed by atoms with van der Waals surface area (Å²) in [6.45, 7) is 3.68. The minimum Gasteiger partial charge on any atom is -0.358 e. The second kappa shape index (κ2) is 5.02. The van der Waals surface area contributed by atoms with Gasteiger partial charge in [-0.3, -0.25) is 0 Å². The zero-order chi connectivity index (χ0) is 11.4. The van der Waals surface area contributed by atoms with Crippen LogP contribution in [0.4, 0.5) is 10.2 Å². The van der Waals surface area contributed by atoms with E-state index in [2.05, 4.69) is 15.3 Å². The van der Waals surface area contributed by atoms with Gasteiger partial charge in [-0.15, -0.1) is 0 Å². The lowest BCUT2D eigenvalue weighted by Crippen LogP contribution is -2.28. The van der Waals surface area contributed by atoms with E-state index in [1.54, 1.807) is 0 Å². The summed E-state index contributed by atoms with van der Waals surface area (Å²) in [6, 6.07) is -0.495. The van der Waals surface area contributed by atoms with E-state index in [-0.39, 0.29) is 17.0 Å². The molecular weight excluding hydrogens is 221 g/mol. The van der Waals surface area contributed by atoms with E-state index in [9.17, 15) is 9.18 Å². The van der Waals surface area contributed by atoms with Crippen molar-refractivity contribution in [3.05, 3.63) is 17.3 Å². The van der Waals surface area contributed by atoms with Crippen LogP contribution in [0.1, 0.15) is 13.8 Å². The van der Waals surface area contributed by atoms with Crippen LogP contribution in [0.2, 0.25) is 5.28 Å². The van der Waals surface area contributed by atoms with Gasteiger partial charge in [0.2, 0.25) is 5.28 Å². The molecule has 0 fully saturated rings. The number of aromatic nitrogens is 2. The van der Waals surface area contributed by atoms with Crippen LogP contribution in [-0.4, -0.2) is 22.3 Å². The summed E-state index contributed by atoms with van der Waals surface area (Å²) in [4.78, 5) is 17.8. The van der Waals surface area contributed by atoms with Crippen LogP contribution in [0.15, 0.2) is 6.20 Å². The molecule has 0 aliphatic carbocycles. The molecule has 1 atom stereocenters. The summed E-state index contributed by atoms with van der Waals surface area (Å²) in [7, 11) is 0. The van der Waals surface area contributed by atoms with Crippen molar-refractivity contribution in [2.75, 3.05) is 5.32 Å². The number of nitrogens with one attached hydrogen (secondary N) is 1. The summed E-state index contributed by atoms with van der Waals surface area (Å²) in [5, 5.41) is 2.60. The number of hydrogen-bond acceptors (Lipinski definition) is 4. The van der Waals surface area contributed by atoms with Gasteiger partial charge in [-0.25, -0.2) is 9.37 Å². The lowest BCUT2D eigenvalue weighted by atomic mass is 10.1. The highest BCUT2D eigenvalue weighted by Gasteiger charge is 2.15. The molecule has 0 aromatic carbocycles. The van der Waals surface area contributed by atoms with E-state index in [4.69, 9.17) is 11.6 Å². The summed E-state index contributed by atoms with van der Waals surface area (Å²) in [5.41, 5.74) is 0. The zero-order valence-corrected chi connectivity index (χ0v) is 9.12. The number of nitrogens with zero attached hydrogens (tertiary/aromatic N) is 2. The molecule has 0 aliphatic heterocycles. The van der Waals surface area contributed by atoms with E-state index < -0.39 is 11.9 Å². The minimum absolute atomic E-state index is 0.0376.